The summed E-state index contributed by atoms with van der Waals surface area (Å²) >= 11 is 0. The van der Waals surface area contributed by atoms with Gasteiger partial charge >= 0.3 is 7.12 Å². The van der Waals surface area contributed by atoms with Crippen LogP contribution in [0.4, 0.5) is 5.69 Å². The van der Waals surface area contributed by atoms with E-state index in [9.17, 15) is 4.79 Å². The standard InChI is InChI=1S/C15H16BNO3/c1-10-3-8-14(11(2)9-10)17-15(18)12-4-6-13(7-5-12)16(19)20/h3-9,19-20H,1-2H3,(H,17,18). The van der Waals surface area contributed by atoms with Gasteiger partial charge in [-0.2, -0.15) is 0 Å². The van der Waals surface area contributed by atoms with Crippen LogP contribution in [0, 0.1) is 13.8 Å². The Morgan fingerprint density at radius 2 is 1.70 bits per heavy atom. The van der Waals surface area contributed by atoms with E-state index in [1.54, 1.807) is 12.1 Å². The molecule has 4 nitrogen and oxygen atoms in total. The molecule has 0 heterocycles. The van der Waals surface area contributed by atoms with Crippen molar-refractivity contribution in [3.8, 4) is 0 Å². The Morgan fingerprint density at radius 1 is 1.05 bits per heavy atom. The largest absolute Gasteiger partial charge is 0.488 e. The second kappa shape index (κ2) is 5.90. The van der Waals surface area contributed by atoms with Crippen molar-refractivity contribution in [3.05, 3.63) is 59.2 Å². The van der Waals surface area contributed by atoms with Gasteiger partial charge < -0.3 is 15.4 Å². The molecule has 0 saturated heterocycles. The summed E-state index contributed by atoms with van der Waals surface area (Å²) < 4.78 is 0. The topological polar surface area (TPSA) is 69.6 Å². The summed E-state index contributed by atoms with van der Waals surface area (Å²) in [5, 5.41) is 20.9. The molecule has 0 bridgehead atoms. The lowest BCUT2D eigenvalue weighted by atomic mass is 9.80. The quantitative estimate of drug-likeness (QED) is 0.734. The average molecular weight is 269 g/mol. The van der Waals surface area contributed by atoms with Crippen LogP contribution in [-0.4, -0.2) is 23.1 Å². The third-order valence-corrected chi connectivity index (χ3v) is 3.10. The van der Waals surface area contributed by atoms with Gasteiger partial charge in [-0.1, -0.05) is 29.8 Å². The minimum atomic E-state index is -1.52. The fraction of sp³-hybridized carbons (Fsp3) is 0.133. The van der Waals surface area contributed by atoms with Gasteiger partial charge in [0, 0.05) is 11.3 Å². The maximum absolute atomic E-state index is 12.1. The van der Waals surface area contributed by atoms with Crippen LogP contribution in [0.2, 0.25) is 0 Å². The number of nitrogens with one attached hydrogen (secondary N) is 1. The molecule has 1 amide bonds. The maximum atomic E-state index is 12.1. The zero-order chi connectivity index (χ0) is 14.7. The SMILES string of the molecule is Cc1ccc(NC(=O)c2ccc(B(O)O)cc2)c(C)c1. The molecular weight excluding hydrogens is 253 g/mol. The molecular formula is C15H16BNO3. The summed E-state index contributed by atoms with van der Waals surface area (Å²) in [7, 11) is -1.52. The normalized spacial score (nSPS) is 10.2. The van der Waals surface area contributed by atoms with E-state index in [-0.39, 0.29) is 5.91 Å². The van der Waals surface area contributed by atoms with Crippen molar-refractivity contribution in [2.75, 3.05) is 5.32 Å². The lowest BCUT2D eigenvalue weighted by Crippen LogP contribution is -2.29. The molecule has 3 N–H and O–H groups in total. The number of aryl methyl sites for hydroxylation is 2. The fourth-order valence-corrected chi connectivity index (χ4v) is 1.95. The summed E-state index contributed by atoms with van der Waals surface area (Å²) in [6, 6.07) is 12.0. The number of carbonyl (C=O) groups excluding carboxylic acids is 1. The smallest absolute Gasteiger partial charge is 0.423 e. The molecule has 0 aliphatic carbocycles. The van der Waals surface area contributed by atoms with Gasteiger partial charge in [-0.3, -0.25) is 4.79 Å². The van der Waals surface area contributed by atoms with E-state index in [1.807, 2.05) is 32.0 Å². The monoisotopic (exact) mass is 269 g/mol. The maximum Gasteiger partial charge on any atom is 0.488 e. The Hall–Kier alpha value is -2.11. The zero-order valence-corrected chi connectivity index (χ0v) is 11.4. The van der Waals surface area contributed by atoms with E-state index in [4.69, 9.17) is 10.0 Å². The Labute approximate surface area is 118 Å². The molecule has 0 radical (unpaired) electrons. The molecule has 102 valence electrons. The highest BCUT2D eigenvalue weighted by Gasteiger charge is 2.12. The van der Waals surface area contributed by atoms with Crippen molar-refractivity contribution in [1.29, 1.82) is 0 Å². The first-order chi connectivity index (χ1) is 9.47. The second-order valence-corrected chi connectivity index (χ2v) is 4.77. The number of amides is 1. The summed E-state index contributed by atoms with van der Waals surface area (Å²) in [6.07, 6.45) is 0. The second-order valence-electron chi connectivity index (χ2n) is 4.77. The van der Waals surface area contributed by atoms with Gasteiger partial charge in [0.1, 0.15) is 0 Å². The van der Waals surface area contributed by atoms with Gasteiger partial charge in [-0.15, -0.1) is 0 Å². The number of rotatable bonds is 3. The third kappa shape index (κ3) is 3.26. The van der Waals surface area contributed by atoms with E-state index >= 15 is 0 Å². The first-order valence-electron chi connectivity index (χ1n) is 6.32. The molecule has 20 heavy (non-hydrogen) atoms. The predicted octanol–water partition coefficient (Wildman–Crippen LogP) is 1.24. The molecule has 2 aromatic carbocycles. The van der Waals surface area contributed by atoms with Crippen molar-refractivity contribution in [2.45, 2.75) is 13.8 Å². The summed E-state index contributed by atoms with van der Waals surface area (Å²) in [6.45, 7) is 3.94. The van der Waals surface area contributed by atoms with Crippen molar-refractivity contribution in [1.82, 2.24) is 0 Å². The fourth-order valence-electron chi connectivity index (χ4n) is 1.95. The van der Waals surface area contributed by atoms with Crippen LogP contribution in [-0.2, 0) is 0 Å². The van der Waals surface area contributed by atoms with Crippen LogP contribution in [0.5, 0.6) is 0 Å². The highest BCUT2D eigenvalue weighted by Crippen LogP contribution is 2.16. The molecule has 0 aliphatic heterocycles. The van der Waals surface area contributed by atoms with E-state index in [2.05, 4.69) is 5.32 Å². The van der Waals surface area contributed by atoms with Gasteiger partial charge in [-0.25, -0.2) is 0 Å². The van der Waals surface area contributed by atoms with Gasteiger partial charge in [-0.05, 0) is 43.1 Å². The van der Waals surface area contributed by atoms with Crippen LogP contribution in [0.25, 0.3) is 0 Å². The lowest BCUT2D eigenvalue weighted by Gasteiger charge is -2.09. The van der Waals surface area contributed by atoms with E-state index in [0.29, 0.717) is 11.0 Å². The first kappa shape index (κ1) is 14.3. The summed E-state index contributed by atoms with van der Waals surface area (Å²) in [5.74, 6) is -0.226. The average Bonchev–Trinajstić information content (AvgIpc) is 2.42. The number of benzene rings is 2. The Kier molecular flexibility index (Phi) is 4.22. The minimum absolute atomic E-state index is 0.226. The Morgan fingerprint density at radius 3 is 2.25 bits per heavy atom. The predicted molar refractivity (Wildman–Crippen MR) is 80.1 cm³/mol. The molecule has 0 fully saturated rings. The van der Waals surface area contributed by atoms with Gasteiger partial charge in [0.05, 0.1) is 0 Å². The molecule has 0 saturated carbocycles. The molecule has 0 aliphatic rings. The van der Waals surface area contributed by atoms with Gasteiger partial charge in [0.15, 0.2) is 0 Å². The Bertz CT molecular complexity index is 624. The van der Waals surface area contributed by atoms with Crippen LogP contribution in [0.15, 0.2) is 42.5 Å². The van der Waals surface area contributed by atoms with E-state index in [1.165, 1.54) is 12.1 Å². The number of carbonyl (C=O) groups is 1. The van der Waals surface area contributed by atoms with Gasteiger partial charge in [0.2, 0.25) is 0 Å². The van der Waals surface area contributed by atoms with E-state index in [0.717, 1.165) is 16.8 Å². The zero-order valence-electron chi connectivity index (χ0n) is 11.4. The van der Waals surface area contributed by atoms with Crippen LogP contribution < -0.4 is 10.8 Å². The first-order valence-corrected chi connectivity index (χ1v) is 6.32. The molecule has 0 spiro atoms. The lowest BCUT2D eigenvalue weighted by molar-refractivity contribution is 0.102. The molecule has 2 rings (SSSR count). The van der Waals surface area contributed by atoms with Crippen molar-refractivity contribution in [3.63, 3.8) is 0 Å². The van der Waals surface area contributed by atoms with Crippen LogP contribution >= 0.6 is 0 Å². The van der Waals surface area contributed by atoms with Crippen molar-refractivity contribution >= 4 is 24.2 Å². The molecule has 0 aromatic heterocycles. The van der Waals surface area contributed by atoms with Crippen LogP contribution in [0.3, 0.4) is 0 Å². The van der Waals surface area contributed by atoms with Crippen LogP contribution in [0.1, 0.15) is 21.5 Å². The highest BCUT2D eigenvalue weighted by atomic mass is 16.4. The third-order valence-electron chi connectivity index (χ3n) is 3.10. The Balaban J connectivity index is 2.15. The summed E-state index contributed by atoms with van der Waals surface area (Å²) in [5.41, 5.74) is 3.73. The van der Waals surface area contributed by atoms with Gasteiger partial charge in [0.25, 0.3) is 5.91 Å². The van der Waals surface area contributed by atoms with Crippen molar-refractivity contribution < 1.29 is 14.8 Å². The number of hydrogen-bond acceptors (Lipinski definition) is 3. The molecule has 5 heteroatoms. The molecule has 2 aromatic rings. The summed E-state index contributed by atoms with van der Waals surface area (Å²) in [4.78, 5) is 12.1. The van der Waals surface area contributed by atoms with E-state index < -0.39 is 7.12 Å². The van der Waals surface area contributed by atoms with Crippen molar-refractivity contribution in [2.24, 2.45) is 0 Å². The molecule has 0 atom stereocenters. The number of hydrogen-bond donors (Lipinski definition) is 3. The minimum Gasteiger partial charge on any atom is -0.423 e. The highest BCUT2D eigenvalue weighted by molar-refractivity contribution is 6.58. The number of anilines is 1. The molecule has 0 unspecified atom stereocenters.